The van der Waals surface area contributed by atoms with Gasteiger partial charge in [-0.25, -0.2) is 4.39 Å². The van der Waals surface area contributed by atoms with Crippen molar-refractivity contribution in [2.75, 3.05) is 44.2 Å². The maximum Gasteiger partial charge on any atom is 0.260 e. The minimum absolute atomic E-state index is 0.0101. The molecule has 0 saturated carbocycles. The maximum atomic E-state index is 13.1. The van der Waals surface area contributed by atoms with E-state index in [1.54, 1.807) is 4.90 Å². The van der Waals surface area contributed by atoms with Crippen molar-refractivity contribution in [1.82, 2.24) is 9.80 Å². The van der Waals surface area contributed by atoms with Gasteiger partial charge in [0.2, 0.25) is 5.96 Å². The van der Waals surface area contributed by atoms with Gasteiger partial charge >= 0.3 is 0 Å². The van der Waals surface area contributed by atoms with Crippen LogP contribution in [-0.4, -0.2) is 60.9 Å². The Kier molecular flexibility index (Phi) is 4.79. The lowest BCUT2D eigenvalue weighted by molar-refractivity contribution is 0.0843. The Bertz CT molecular complexity index is 857. The Morgan fingerprint density at radius 2 is 1.67 bits per heavy atom. The third kappa shape index (κ3) is 3.65. The number of guanidine groups is 1. The predicted octanol–water partition coefficient (Wildman–Crippen LogP) is 2.77. The van der Waals surface area contributed by atoms with Gasteiger partial charge in [0, 0.05) is 44.0 Å². The number of nitrogens with zero attached hydrogens (tertiary/aromatic N) is 4. The first-order valence-corrected chi connectivity index (χ1v) is 9.30. The lowest BCUT2D eigenvalue weighted by Gasteiger charge is -2.38. The fraction of sp³-hybridized carbons (Fsp3) is 0.333. The summed E-state index contributed by atoms with van der Waals surface area (Å²) in [4.78, 5) is 23.8. The highest BCUT2D eigenvalue weighted by Crippen LogP contribution is 2.19. The molecule has 2 aromatic carbocycles. The van der Waals surface area contributed by atoms with Crippen molar-refractivity contribution in [1.29, 1.82) is 0 Å². The molecule has 5 nitrogen and oxygen atoms in total. The van der Waals surface area contributed by atoms with Gasteiger partial charge in [-0.1, -0.05) is 17.7 Å². The topological polar surface area (TPSA) is 39.2 Å². The average Bonchev–Trinajstić information content (AvgIpc) is 3.18. The fourth-order valence-electron chi connectivity index (χ4n) is 3.65. The molecule has 0 bridgehead atoms. The maximum absolute atomic E-state index is 13.1. The number of halogens is 1. The van der Waals surface area contributed by atoms with Crippen molar-refractivity contribution in [3.8, 4) is 0 Å². The third-order valence-corrected chi connectivity index (χ3v) is 5.08. The van der Waals surface area contributed by atoms with E-state index in [0.29, 0.717) is 18.7 Å². The minimum atomic E-state index is -0.219. The molecule has 2 aliphatic rings. The number of aliphatic imine (C=N–C) groups is 1. The average molecular weight is 366 g/mol. The molecule has 140 valence electrons. The molecule has 0 N–H and O–H groups in total. The zero-order valence-electron chi connectivity index (χ0n) is 15.4. The van der Waals surface area contributed by atoms with E-state index < -0.39 is 0 Å². The first kappa shape index (κ1) is 17.5. The van der Waals surface area contributed by atoms with Crippen LogP contribution in [0.1, 0.15) is 15.9 Å². The molecule has 0 aliphatic carbocycles. The standard InChI is InChI=1S/C21H23FN4O/c1-16-3-2-4-17(15-16)20(27)26-10-9-23-21(26)25-13-11-24(12-14-25)19-7-5-18(22)6-8-19/h2-8,15H,9-14H2,1H3. The number of hydrogen-bond acceptors (Lipinski definition) is 4. The Labute approximate surface area is 158 Å². The monoisotopic (exact) mass is 366 g/mol. The summed E-state index contributed by atoms with van der Waals surface area (Å²) in [6.45, 7) is 6.46. The van der Waals surface area contributed by atoms with Gasteiger partial charge in [0.15, 0.2) is 0 Å². The van der Waals surface area contributed by atoms with E-state index in [9.17, 15) is 9.18 Å². The Balaban J connectivity index is 1.43. The van der Waals surface area contributed by atoms with E-state index in [2.05, 4.69) is 14.8 Å². The third-order valence-electron chi connectivity index (χ3n) is 5.08. The highest BCUT2D eigenvalue weighted by Gasteiger charge is 2.30. The summed E-state index contributed by atoms with van der Waals surface area (Å²) in [5, 5.41) is 0. The molecule has 0 atom stereocenters. The number of anilines is 1. The van der Waals surface area contributed by atoms with E-state index in [-0.39, 0.29) is 11.7 Å². The number of rotatable bonds is 2. The molecule has 0 aromatic heterocycles. The van der Waals surface area contributed by atoms with Crippen LogP contribution in [0.15, 0.2) is 53.5 Å². The lowest BCUT2D eigenvalue weighted by Crippen LogP contribution is -2.53. The molecular formula is C21H23FN4O. The van der Waals surface area contributed by atoms with Crippen LogP contribution in [0.25, 0.3) is 0 Å². The molecule has 0 unspecified atom stereocenters. The van der Waals surface area contributed by atoms with E-state index in [1.165, 1.54) is 12.1 Å². The molecule has 2 aliphatic heterocycles. The van der Waals surface area contributed by atoms with Crippen LogP contribution in [0.5, 0.6) is 0 Å². The number of carbonyl (C=O) groups excluding carboxylic acids is 1. The molecule has 0 radical (unpaired) electrons. The van der Waals surface area contributed by atoms with Gasteiger partial charge in [-0.05, 0) is 43.3 Å². The molecule has 1 fully saturated rings. The molecule has 27 heavy (non-hydrogen) atoms. The molecule has 4 rings (SSSR count). The van der Waals surface area contributed by atoms with Gasteiger partial charge in [0.05, 0.1) is 6.54 Å². The summed E-state index contributed by atoms with van der Waals surface area (Å²) >= 11 is 0. The number of benzene rings is 2. The van der Waals surface area contributed by atoms with Crippen LogP contribution in [0.3, 0.4) is 0 Å². The van der Waals surface area contributed by atoms with E-state index >= 15 is 0 Å². The molecule has 0 spiro atoms. The summed E-state index contributed by atoms with van der Waals surface area (Å²) in [6, 6.07) is 14.3. The molecule has 2 aromatic rings. The van der Waals surface area contributed by atoms with Crippen molar-refractivity contribution in [2.24, 2.45) is 4.99 Å². The normalized spacial score (nSPS) is 17.3. The van der Waals surface area contributed by atoms with Gasteiger partial charge in [-0.3, -0.25) is 14.7 Å². The van der Waals surface area contributed by atoms with Crippen molar-refractivity contribution in [2.45, 2.75) is 6.92 Å². The first-order valence-electron chi connectivity index (χ1n) is 9.30. The first-order chi connectivity index (χ1) is 13.1. The van der Waals surface area contributed by atoms with E-state index in [0.717, 1.165) is 43.4 Å². The van der Waals surface area contributed by atoms with Crippen LogP contribution in [0, 0.1) is 12.7 Å². The second-order valence-corrected chi connectivity index (χ2v) is 6.96. The van der Waals surface area contributed by atoms with Crippen molar-refractivity contribution in [3.05, 3.63) is 65.5 Å². The summed E-state index contributed by atoms with van der Waals surface area (Å²) in [7, 11) is 0. The van der Waals surface area contributed by atoms with Crippen LogP contribution in [-0.2, 0) is 0 Å². The van der Waals surface area contributed by atoms with Crippen LogP contribution < -0.4 is 4.90 Å². The highest BCUT2D eigenvalue weighted by atomic mass is 19.1. The predicted molar refractivity (Wildman–Crippen MR) is 105 cm³/mol. The number of amides is 1. The molecule has 1 amide bonds. The highest BCUT2D eigenvalue weighted by molar-refractivity contribution is 6.06. The molecule has 1 saturated heterocycles. The van der Waals surface area contributed by atoms with Crippen molar-refractivity contribution in [3.63, 3.8) is 0 Å². The summed E-state index contributed by atoms with van der Waals surface area (Å²) in [5.41, 5.74) is 2.80. The molecular weight excluding hydrogens is 343 g/mol. The zero-order chi connectivity index (χ0) is 18.8. The number of hydrogen-bond donors (Lipinski definition) is 0. The zero-order valence-corrected chi connectivity index (χ0v) is 15.4. The van der Waals surface area contributed by atoms with Gasteiger partial charge in [0.1, 0.15) is 5.82 Å². The second-order valence-electron chi connectivity index (χ2n) is 6.96. The van der Waals surface area contributed by atoms with Crippen molar-refractivity contribution < 1.29 is 9.18 Å². The van der Waals surface area contributed by atoms with Gasteiger partial charge in [-0.15, -0.1) is 0 Å². The Morgan fingerprint density at radius 3 is 2.37 bits per heavy atom. The van der Waals surface area contributed by atoms with Gasteiger partial charge in [0.25, 0.3) is 5.91 Å². The Hall–Kier alpha value is -2.89. The number of carbonyl (C=O) groups is 1. The van der Waals surface area contributed by atoms with Crippen LogP contribution >= 0.6 is 0 Å². The van der Waals surface area contributed by atoms with E-state index in [4.69, 9.17) is 0 Å². The lowest BCUT2D eigenvalue weighted by atomic mass is 10.1. The van der Waals surface area contributed by atoms with Crippen LogP contribution in [0.2, 0.25) is 0 Å². The summed E-state index contributed by atoms with van der Waals surface area (Å²) < 4.78 is 13.1. The number of piperazine rings is 1. The SMILES string of the molecule is Cc1cccc(C(=O)N2CCN=C2N2CCN(c3ccc(F)cc3)CC2)c1. The summed E-state index contributed by atoms with van der Waals surface area (Å²) in [6.07, 6.45) is 0. The van der Waals surface area contributed by atoms with Gasteiger partial charge in [-0.2, -0.15) is 0 Å². The molecule has 2 heterocycles. The second kappa shape index (κ2) is 7.39. The largest absolute Gasteiger partial charge is 0.368 e. The summed E-state index contributed by atoms with van der Waals surface area (Å²) in [5.74, 6) is 0.569. The fourth-order valence-corrected chi connectivity index (χ4v) is 3.65. The molecule has 6 heteroatoms. The van der Waals surface area contributed by atoms with Crippen molar-refractivity contribution >= 4 is 17.6 Å². The number of aryl methyl sites for hydroxylation is 1. The smallest absolute Gasteiger partial charge is 0.260 e. The Morgan fingerprint density at radius 1 is 0.963 bits per heavy atom. The van der Waals surface area contributed by atoms with Crippen LogP contribution in [0.4, 0.5) is 10.1 Å². The minimum Gasteiger partial charge on any atom is -0.368 e. The van der Waals surface area contributed by atoms with E-state index in [1.807, 2.05) is 43.3 Å². The van der Waals surface area contributed by atoms with Gasteiger partial charge < -0.3 is 9.80 Å². The quantitative estimate of drug-likeness (QED) is 0.820.